The van der Waals surface area contributed by atoms with Crippen LogP contribution in [0, 0.1) is 19.8 Å². The number of carbonyl (C=O) groups is 1. The Bertz CT molecular complexity index is 1290. The van der Waals surface area contributed by atoms with Crippen molar-refractivity contribution in [1.82, 2.24) is 5.32 Å². The van der Waals surface area contributed by atoms with Gasteiger partial charge in [-0.25, -0.2) is 8.42 Å². The first-order chi connectivity index (χ1) is 17.0. The smallest absolute Gasteiger partial charge is 0.264 e. The van der Waals surface area contributed by atoms with Crippen molar-refractivity contribution in [2.45, 2.75) is 45.1 Å². The van der Waals surface area contributed by atoms with Crippen molar-refractivity contribution in [3.63, 3.8) is 0 Å². The van der Waals surface area contributed by atoms with Gasteiger partial charge in [0.1, 0.15) is 12.3 Å². The third-order valence-corrected chi connectivity index (χ3v) is 7.91. The Labute approximate surface area is 219 Å². The van der Waals surface area contributed by atoms with Gasteiger partial charge >= 0.3 is 0 Å². The SMILES string of the molecule is COc1ccc([C@H](CC(C)C)NC(=O)CN(c2cc(Cl)ccc2C)S(=O)(=O)c2ccc(C)cc2)cc1. The number of halogens is 1. The number of hydrogen-bond acceptors (Lipinski definition) is 4. The first-order valence-corrected chi connectivity index (χ1v) is 13.6. The fraction of sp³-hybridized carbons (Fsp3) is 0.321. The van der Waals surface area contributed by atoms with Gasteiger partial charge in [-0.15, -0.1) is 0 Å². The number of rotatable bonds is 10. The summed E-state index contributed by atoms with van der Waals surface area (Å²) >= 11 is 6.23. The maximum Gasteiger partial charge on any atom is 0.264 e. The molecule has 3 aromatic carbocycles. The zero-order chi connectivity index (χ0) is 26.5. The maximum atomic E-state index is 13.7. The summed E-state index contributed by atoms with van der Waals surface area (Å²) in [6.45, 7) is 7.44. The molecule has 36 heavy (non-hydrogen) atoms. The van der Waals surface area contributed by atoms with Crippen molar-refractivity contribution < 1.29 is 17.9 Å². The number of sulfonamides is 1. The van der Waals surface area contributed by atoms with Gasteiger partial charge in [-0.2, -0.15) is 0 Å². The molecule has 0 aromatic heterocycles. The average molecular weight is 529 g/mol. The van der Waals surface area contributed by atoms with Crippen LogP contribution in [-0.4, -0.2) is 28.0 Å². The van der Waals surface area contributed by atoms with Gasteiger partial charge in [0.05, 0.1) is 23.7 Å². The Morgan fingerprint density at radius 1 is 1.00 bits per heavy atom. The van der Waals surface area contributed by atoms with E-state index < -0.39 is 15.9 Å². The van der Waals surface area contributed by atoms with Gasteiger partial charge in [0.2, 0.25) is 5.91 Å². The van der Waals surface area contributed by atoms with Gasteiger partial charge in [-0.1, -0.05) is 61.3 Å². The van der Waals surface area contributed by atoms with Crippen LogP contribution in [-0.2, 0) is 14.8 Å². The highest BCUT2D eigenvalue weighted by Gasteiger charge is 2.29. The van der Waals surface area contributed by atoms with Crippen molar-refractivity contribution in [3.05, 3.63) is 88.4 Å². The molecule has 3 rings (SSSR count). The molecule has 0 heterocycles. The van der Waals surface area contributed by atoms with Gasteiger partial charge in [0.25, 0.3) is 10.0 Å². The van der Waals surface area contributed by atoms with E-state index in [0.717, 1.165) is 21.2 Å². The van der Waals surface area contributed by atoms with Gasteiger partial charge in [-0.3, -0.25) is 9.10 Å². The number of amides is 1. The lowest BCUT2D eigenvalue weighted by Crippen LogP contribution is -2.42. The second-order valence-electron chi connectivity index (χ2n) is 9.28. The predicted octanol–water partition coefficient (Wildman–Crippen LogP) is 6.06. The number of nitrogens with one attached hydrogen (secondary N) is 1. The van der Waals surface area contributed by atoms with E-state index in [4.69, 9.17) is 16.3 Å². The summed E-state index contributed by atoms with van der Waals surface area (Å²) in [5.41, 5.74) is 2.91. The van der Waals surface area contributed by atoms with Crippen LogP contribution in [0.3, 0.4) is 0 Å². The standard InChI is InChI=1S/C28H33ClN2O4S/c1-19(2)16-26(22-9-12-24(35-5)13-10-22)30-28(32)18-31(27-17-23(29)11-8-21(27)4)36(33,34)25-14-6-20(3)7-15-25/h6-15,17,19,26H,16,18H2,1-5H3,(H,30,32)/t26-/m0/s1. The molecule has 3 aromatic rings. The van der Waals surface area contributed by atoms with E-state index in [1.807, 2.05) is 31.2 Å². The highest BCUT2D eigenvalue weighted by Crippen LogP contribution is 2.30. The second-order valence-corrected chi connectivity index (χ2v) is 11.6. The van der Waals surface area contributed by atoms with E-state index in [2.05, 4.69) is 19.2 Å². The molecule has 0 bridgehead atoms. The Morgan fingerprint density at radius 2 is 1.64 bits per heavy atom. The molecule has 1 N–H and O–H groups in total. The number of hydrogen-bond donors (Lipinski definition) is 1. The molecular formula is C28H33ClN2O4S. The number of nitrogens with zero attached hydrogens (tertiary/aromatic N) is 1. The fourth-order valence-corrected chi connectivity index (χ4v) is 5.59. The molecule has 0 spiro atoms. The minimum absolute atomic E-state index is 0.106. The Balaban J connectivity index is 1.96. The summed E-state index contributed by atoms with van der Waals surface area (Å²) in [4.78, 5) is 13.5. The molecule has 8 heteroatoms. The van der Waals surface area contributed by atoms with E-state index in [0.29, 0.717) is 28.6 Å². The van der Waals surface area contributed by atoms with Gasteiger partial charge < -0.3 is 10.1 Å². The van der Waals surface area contributed by atoms with Crippen LogP contribution in [0.4, 0.5) is 5.69 Å². The lowest BCUT2D eigenvalue weighted by molar-refractivity contribution is -0.120. The van der Waals surface area contributed by atoms with Crippen LogP contribution in [0.1, 0.15) is 43.0 Å². The molecule has 0 unspecified atom stereocenters. The normalized spacial score (nSPS) is 12.3. The van der Waals surface area contributed by atoms with Crippen LogP contribution in [0.15, 0.2) is 71.6 Å². The van der Waals surface area contributed by atoms with Crippen LogP contribution < -0.4 is 14.4 Å². The van der Waals surface area contributed by atoms with E-state index >= 15 is 0 Å². The highest BCUT2D eigenvalue weighted by molar-refractivity contribution is 7.92. The molecule has 0 radical (unpaired) electrons. The number of carbonyl (C=O) groups excluding carboxylic acids is 1. The fourth-order valence-electron chi connectivity index (χ4n) is 3.94. The third-order valence-electron chi connectivity index (χ3n) is 5.90. The Hall–Kier alpha value is -3.03. The van der Waals surface area contributed by atoms with E-state index in [9.17, 15) is 13.2 Å². The first kappa shape index (κ1) is 27.6. The van der Waals surface area contributed by atoms with Crippen molar-refractivity contribution in [3.8, 4) is 5.75 Å². The molecule has 0 aliphatic rings. The Kier molecular flexibility index (Phi) is 9.03. The van der Waals surface area contributed by atoms with E-state index in [-0.39, 0.29) is 17.5 Å². The minimum Gasteiger partial charge on any atom is -0.497 e. The summed E-state index contributed by atoms with van der Waals surface area (Å²) in [6.07, 6.45) is 0.693. The number of aryl methyl sites for hydroxylation is 2. The third kappa shape index (κ3) is 6.80. The number of methoxy groups -OCH3 is 1. The van der Waals surface area contributed by atoms with Crippen LogP contribution in [0.5, 0.6) is 5.75 Å². The van der Waals surface area contributed by atoms with Crippen molar-refractivity contribution in [1.29, 1.82) is 0 Å². The van der Waals surface area contributed by atoms with Crippen molar-refractivity contribution >= 4 is 33.2 Å². The number of ether oxygens (including phenoxy) is 1. The molecule has 0 aliphatic carbocycles. The second kappa shape index (κ2) is 11.8. The van der Waals surface area contributed by atoms with Crippen LogP contribution in [0.2, 0.25) is 5.02 Å². The molecule has 0 fully saturated rings. The van der Waals surface area contributed by atoms with E-state index in [1.165, 1.54) is 0 Å². The molecule has 0 aliphatic heterocycles. The largest absolute Gasteiger partial charge is 0.497 e. The summed E-state index contributed by atoms with van der Waals surface area (Å²) in [5, 5.41) is 3.44. The number of benzene rings is 3. The molecule has 1 amide bonds. The van der Waals surface area contributed by atoms with Crippen molar-refractivity contribution in [2.75, 3.05) is 18.0 Å². The van der Waals surface area contributed by atoms with Crippen LogP contribution >= 0.6 is 11.6 Å². The van der Waals surface area contributed by atoms with E-state index in [1.54, 1.807) is 56.5 Å². The van der Waals surface area contributed by atoms with Gasteiger partial charge in [0.15, 0.2) is 0 Å². The quantitative estimate of drug-likeness (QED) is 0.347. The zero-order valence-corrected chi connectivity index (χ0v) is 22.9. The molecule has 192 valence electrons. The molecule has 0 saturated carbocycles. The first-order valence-electron chi connectivity index (χ1n) is 11.8. The molecule has 0 saturated heterocycles. The van der Waals surface area contributed by atoms with Gasteiger partial charge in [-0.05, 0) is 73.7 Å². The maximum absolute atomic E-state index is 13.7. The number of anilines is 1. The predicted molar refractivity (Wildman–Crippen MR) is 145 cm³/mol. The summed E-state index contributed by atoms with van der Waals surface area (Å²) in [5.74, 6) is 0.617. The average Bonchev–Trinajstić information content (AvgIpc) is 2.84. The zero-order valence-electron chi connectivity index (χ0n) is 21.3. The summed E-state index contributed by atoms with van der Waals surface area (Å²) in [6, 6.07) is 18.8. The Morgan fingerprint density at radius 3 is 2.22 bits per heavy atom. The summed E-state index contributed by atoms with van der Waals surface area (Å²) < 4.78 is 33.9. The molecule has 6 nitrogen and oxygen atoms in total. The minimum atomic E-state index is -4.04. The monoisotopic (exact) mass is 528 g/mol. The molecular weight excluding hydrogens is 496 g/mol. The van der Waals surface area contributed by atoms with Gasteiger partial charge in [0, 0.05) is 5.02 Å². The van der Waals surface area contributed by atoms with Crippen molar-refractivity contribution in [2.24, 2.45) is 5.92 Å². The lowest BCUT2D eigenvalue weighted by atomic mass is 9.97. The lowest BCUT2D eigenvalue weighted by Gasteiger charge is -2.28. The highest BCUT2D eigenvalue weighted by atomic mass is 35.5. The summed E-state index contributed by atoms with van der Waals surface area (Å²) in [7, 11) is -2.44. The topological polar surface area (TPSA) is 75.7 Å². The van der Waals surface area contributed by atoms with Crippen LogP contribution in [0.25, 0.3) is 0 Å². The molecule has 1 atom stereocenters.